The Hall–Kier alpha value is -2.84. The van der Waals surface area contributed by atoms with E-state index < -0.39 is 5.41 Å². The predicted octanol–water partition coefficient (Wildman–Crippen LogP) is 4.73. The summed E-state index contributed by atoms with van der Waals surface area (Å²) in [4.78, 5) is 20.0. The molecule has 0 amide bonds. The molecule has 2 aliphatic carbocycles. The number of hydrogen-bond acceptors (Lipinski definition) is 4. The molecule has 2 heterocycles. The zero-order chi connectivity index (χ0) is 23.7. The summed E-state index contributed by atoms with van der Waals surface area (Å²) in [5.41, 5.74) is 7.28. The molecule has 2 N–H and O–H groups in total. The van der Waals surface area contributed by atoms with E-state index in [0.29, 0.717) is 18.5 Å². The number of carbonyl (C=O) groups is 1. The lowest BCUT2D eigenvalue weighted by Crippen LogP contribution is -2.54. The van der Waals surface area contributed by atoms with Gasteiger partial charge in [0.2, 0.25) is 0 Å². The normalized spacial score (nSPS) is 27.5. The molecule has 1 saturated heterocycles. The second kappa shape index (κ2) is 7.33. The van der Waals surface area contributed by atoms with Crippen molar-refractivity contribution in [1.29, 1.82) is 5.26 Å². The fourth-order valence-corrected chi connectivity index (χ4v) is 6.07. The van der Waals surface area contributed by atoms with Crippen LogP contribution in [-0.4, -0.2) is 35.9 Å². The summed E-state index contributed by atoms with van der Waals surface area (Å²) in [6.45, 7) is 14.9. The number of aromatic nitrogens is 1. The molecule has 1 aromatic carbocycles. The first kappa shape index (κ1) is 22.0. The number of ketones is 1. The van der Waals surface area contributed by atoms with Crippen LogP contribution >= 0.6 is 0 Å². The minimum absolute atomic E-state index is 0.102. The van der Waals surface area contributed by atoms with Crippen LogP contribution in [-0.2, 0) is 18.3 Å². The molecule has 1 aliphatic heterocycles. The summed E-state index contributed by atoms with van der Waals surface area (Å²) < 4.78 is 0. The fourth-order valence-electron chi connectivity index (χ4n) is 6.07. The number of anilines is 1. The highest BCUT2D eigenvalue weighted by atomic mass is 16.1. The first-order valence-electron chi connectivity index (χ1n) is 12.2. The SMILES string of the molecule is CCc1cc2c(cc1N1C[C@@H](C)N[C@@H](C)C1)C(C)(C)c1[nH]c3c(c1C2=O)C=CC(C)(C#N)C3. The zero-order valence-electron chi connectivity index (χ0n) is 20.6. The molecule has 1 aromatic heterocycles. The van der Waals surface area contributed by atoms with Crippen molar-refractivity contribution >= 4 is 17.5 Å². The minimum atomic E-state index is -0.543. The highest BCUT2D eigenvalue weighted by molar-refractivity contribution is 6.15. The molecule has 33 heavy (non-hydrogen) atoms. The Morgan fingerprint density at radius 2 is 1.88 bits per heavy atom. The average Bonchev–Trinajstić information content (AvgIpc) is 3.15. The molecule has 5 nitrogen and oxygen atoms in total. The second-order valence-corrected chi connectivity index (χ2v) is 11.0. The molecular formula is C28H34N4O. The van der Waals surface area contributed by atoms with E-state index in [0.717, 1.165) is 53.2 Å². The summed E-state index contributed by atoms with van der Waals surface area (Å²) in [6.07, 6.45) is 5.42. The number of aromatic amines is 1. The molecule has 5 heteroatoms. The molecular weight excluding hydrogens is 408 g/mol. The van der Waals surface area contributed by atoms with Gasteiger partial charge in [-0.3, -0.25) is 4.79 Å². The molecule has 3 aliphatic rings. The van der Waals surface area contributed by atoms with Gasteiger partial charge in [0.15, 0.2) is 5.78 Å². The van der Waals surface area contributed by atoms with E-state index in [-0.39, 0.29) is 11.2 Å². The lowest BCUT2D eigenvalue weighted by atomic mass is 9.70. The van der Waals surface area contributed by atoms with Crippen LogP contribution in [0.1, 0.15) is 85.5 Å². The molecule has 2 aromatic rings. The van der Waals surface area contributed by atoms with Gasteiger partial charge in [-0.2, -0.15) is 5.26 Å². The summed E-state index contributed by atoms with van der Waals surface area (Å²) in [6, 6.07) is 7.70. The monoisotopic (exact) mass is 442 g/mol. The maximum absolute atomic E-state index is 13.9. The highest BCUT2D eigenvalue weighted by Gasteiger charge is 2.43. The molecule has 5 rings (SSSR count). The van der Waals surface area contributed by atoms with Crippen molar-refractivity contribution in [2.75, 3.05) is 18.0 Å². The lowest BCUT2D eigenvalue weighted by molar-refractivity contribution is 0.103. The molecule has 3 atom stereocenters. The van der Waals surface area contributed by atoms with Gasteiger partial charge in [-0.25, -0.2) is 0 Å². The minimum Gasteiger partial charge on any atom is -0.368 e. The standard InChI is InChI=1S/C28H34N4O/c1-7-18-10-20-21(11-23(18)32-13-16(2)30-17(3)14-32)27(4,5)26-24(25(20)33)19-8-9-28(6,15-29)12-22(19)31-26/h8-11,16-17,30-31H,7,12-14H2,1-6H3/t16-,17+,28?. The van der Waals surface area contributed by atoms with Gasteiger partial charge in [-0.1, -0.05) is 32.9 Å². The number of aryl methyl sites for hydroxylation is 1. The number of nitriles is 1. The Labute approximate surface area is 196 Å². The molecule has 0 bridgehead atoms. The van der Waals surface area contributed by atoms with Crippen LogP contribution in [0.2, 0.25) is 0 Å². The quantitative estimate of drug-likeness (QED) is 0.705. The van der Waals surface area contributed by atoms with E-state index in [1.54, 1.807) is 0 Å². The molecule has 172 valence electrons. The number of benzene rings is 1. The number of allylic oxidation sites excluding steroid dienone is 1. The summed E-state index contributed by atoms with van der Waals surface area (Å²) >= 11 is 0. The average molecular weight is 443 g/mol. The maximum Gasteiger partial charge on any atom is 0.195 e. The van der Waals surface area contributed by atoms with Crippen LogP contribution in [0.4, 0.5) is 5.69 Å². The molecule has 0 saturated carbocycles. The van der Waals surface area contributed by atoms with E-state index in [1.807, 2.05) is 19.1 Å². The van der Waals surface area contributed by atoms with Gasteiger partial charge in [0.25, 0.3) is 0 Å². The summed E-state index contributed by atoms with van der Waals surface area (Å²) in [7, 11) is 0. The molecule has 1 unspecified atom stereocenters. The Kier molecular flexibility index (Phi) is 4.88. The van der Waals surface area contributed by atoms with E-state index >= 15 is 0 Å². The largest absolute Gasteiger partial charge is 0.368 e. The van der Waals surface area contributed by atoms with E-state index in [1.165, 1.54) is 11.3 Å². The topological polar surface area (TPSA) is 71.9 Å². The Balaban J connectivity index is 1.66. The van der Waals surface area contributed by atoms with Crippen LogP contribution in [0.25, 0.3) is 6.08 Å². The van der Waals surface area contributed by atoms with E-state index in [2.05, 4.69) is 68.0 Å². The smallest absolute Gasteiger partial charge is 0.195 e. The number of fused-ring (bicyclic) bond motifs is 4. The van der Waals surface area contributed by atoms with E-state index in [4.69, 9.17) is 0 Å². The summed E-state index contributed by atoms with van der Waals surface area (Å²) in [5, 5.41) is 13.3. The van der Waals surface area contributed by atoms with Crippen LogP contribution < -0.4 is 10.2 Å². The highest BCUT2D eigenvalue weighted by Crippen LogP contribution is 2.47. The first-order chi connectivity index (χ1) is 15.6. The fraction of sp³-hybridized carbons (Fsp3) is 0.500. The van der Waals surface area contributed by atoms with Gasteiger partial charge in [0, 0.05) is 65.2 Å². The van der Waals surface area contributed by atoms with Crippen molar-refractivity contribution in [3.63, 3.8) is 0 Å². The second-order valence-electron chi connectivity index (χ2n) is 11.0. The lowest BCUT2D eigenvalue weighted by Gasteiger charge is -2.40. The summed E-state index contributed by atoms with van der Waals surface area (Å²) in [5.74, 6) is 0.102. The maximum atomic E-state index is 13.9. The number of nitrogens with zero attached hydrogens (tertiary/aromatic N) is 2. The van der Waals surface area contributed by atoms with E-state index in [9.17, 15) is 10.1 Å². The Morgan fingerprint density at radius 1 is 1.18 bits per heavy atom. The van der Waals surface area contributed by atoms with Crippen LogP contribution in [0, 0.1) is 16.7 Å². The van der Waals surface area contributed by atoms with Crippen LogP contribution in [0.5, 0.6) is 0 Å². The Morgan fingerprint density at radius 3 is 2.52 bits per heavy atom. The third-order valence-corrected chi connectivity index (χ3v) is 7.81. The first-order valence-corrected chi connectivity index (χ1v) is 12.2. The van der Waals surface area contributed by atoms with Gasteiger partial charge >= 0.3 is 0 Å². The number of H-pyrrole nitrogens is 1. The number of nitrogens with one attached hydrogen (secondary N) is 2. The third-order valence-electron chi connectivity index (χ3n) is 7.81. The predicted molar refractivity (Wildman–Crippen MR) is 133 cm³/mol. The Bertz CT molecular complexity index is 1220. The van der Waals surface area contributed by atoms with Gasteiger partial charge in [0.05, 0.1) is 17.0 Å². The van der Waals surface area contributed by atoms with Gasteiger partial charge in [0.1, 0.15) is 0 Å². The number of hydrogen-bond donors (Lipinski definition) is 2. The van der Waals surface area contributed by atoms with Crippen molar-refractivity contribution in [3.05, 3.63) is 57.4 Å². The molecule has 0 radical (unpaired) electrons. The van der Waals surface area contributed by atoms with Crippen molar-refractivity contribution in [2.24, 2.45) is 5.41 Å². The molecule has 1 fully saturated rings. The number of carbonyl (C=O) groups excluding carboxylic acids is 1. The third kappa shape index (κ3) is 3.27. The van der Waals surface area contributed by atoms with Gasteiger partial charge in [-0.15, -0.1) is 0 Å². The van der Waals surface area contributed by atoms with Gasteiger partial charge in [-0.05, 0) is 50.5 Å². The van der Waals surface area contributed by atoms with Crippen molar-refractivity contribution in [3.8, 4) is 6.07 Å². The number of piperazine rings is 1. The molecule has 0 spiro atoms. The van der Waals surface area contributed by atoms with Crippen LogP contribution in [0.15, 0.2) is 18.2 Å². The number of rotatable bonds is 2. The van der Waals surface area contributed by atoms with Crippen molar-refractivity contribution < 1.29 is 4.79 Å². The van der Waals surface area contributed by atoms with Crippen molar-refractivity contribution in [2.45, 2.75) is 71.9 Å². The zero-order valence-corrected chi connectivity index (χ0v) is 20.6. The van der Waals surface area contributed by atoms with Crippen LogP contribution in [0.3, 0.4) is 0 Å². The van der Waals surface area contributed by atoms with Gasteiger partial charge < -0.3 is 15.2 Å². The van der Waals surface area contributed by atoms with Crippen molar-refractivity contribution in [1.82, 2.24) is 10.3 Å².